The molecule has 2 aromatic heterocycles. The first kappa shape index (κ1) is 20.4. The lowest BCUT2D eigenvalue weighted by Crippen LogP contribution is -2.42. The monoisotopic (exact) mass is 429 g/mol. The first-order chi connectivity index (χ1) is 15.8. The number of para-hydroxylation sites is 2. The number of piperidine rings is 2. The lowest BCUT2D eigenvalue weighted by Gasteiger charge is -2.44. The third kappa shape index (κ3) is 3.75. The summed E-state index contributed by atoms with van der Waals surface area (Å²) in [6.45, 7) is 5.58. The number of pyridine rings is 1. The molecule has 6 rings (SSSR count). The molecule has 3 aromatic rings. The standard InChI is InChI=1S/C27H35N5/c1-30-15-5-7-20(17-30)18-32-24-11-3-2-10-23(24)29-25(32)19-31-16-6-9-22-13-12-21-8-4-14-28-26(21)27(22)31/h2-4,8,10-11,14,20,22,27H,5-7,9,12-13,15-19H2,1H3/t20?,22-,27-/m1/s1. The van der Waals surface area contributed by atoms with Crippen LogP contribution in [0, 0.1) is 11.8 Å². The Hall–Kier alpha value is -2.24. The maximum atomic E-state index is 5.17. The van der Waals surface area contributed by atoms with Crippen LogP contribution < -0.4 is 0 Å². The fraction of sp³-hybridized carbons (Fsp3) is 0.556. The van der Waals surface area contributed by atoms with Gasteiger partial charge in [-0.3, -0.25) is 9.88 Å². The van der Waals surface area contributed by atoms with E-state index in [0.29, 0.717) is 12.0 Å². The van der Waals surface area contributed by atoms with Crippen molar-refractivity contribution in [3.8, 4) is 0 Å². The van der Waals surface area contributed by atoms with E-state index >= 15 is 0 Å². The van der Waals surface area contributed by atoms with Gasteiger partial charge in [0.15, 0.2) is 0 Å². The number of benzene rings is 1. The molecule has 0 radical (unpaired) electrons. The topological polar surface area (TPSA) is 37.2 Å². The second kappa shape index (κ2) is 8.60. The molecule has 32 heavy (non-hydrogen) atoms. The highest BCUT2D eigenvalue weighted by molar-refractivity contribution is 5.75. The fourth-order valence-electron chi connectivity index (χ4n) is 6.61. The summed E-state index contributed by atoms with van der Waals surface area (Å²) in [7, 11) is 2.26. The number of aryl methyl sites for hydroxylation is 1. The van der Waals surface area contributed by atoms with Gasteiger partial charge in [-0.15, -0.1) is 0 Å². The number of rotatable bonds is 4. The zero-order chi connectivity index (χ0) is 21.5. The van der Waals surface area contributed by atoms with Gasteiger partial charge in [0.1, 0.15) is 5.82 Å². The zero-order valence-electron chi connectivity index (χ0n) is 19.3. The van der Waals surface area contributed by atoms with Crippen LogP contribution in [0.25, 0.3) is 11.0 Å². The van der Waals surface area contributed by atoms with Crippen molar-refractivity contribution in [2.24, 2.45) is 11.8 Å². The SMILES string of the molecule is CN1CCCC(Cn2c(CN3CCC[C@@H]4CCc5cccnc5[C@@H]43)nc3ccccc32)C1. The molecule has 3 aliphatic rings. The highest BCUT2D eigenvalue weighted by Crippen LogP contribution is 2.43. The maximum absolute atomic E-state index is 5.17. The zero-order valence-corrected chi connectivity index (χ0v) is 19.3. The third-order valence-electron chi connectivity index (χ3n) is 8.09. The van der Waals surface area contributed by atoms with Gasteiger partial charge in [-0.05, 0) is 94.3 Å². The summed E-state index contributed by atoms with van der Waals surface area (Å²) >= 11 is 0. The van der Waals surface area contributed by atoms with E-state index in [0.717, 1.165) is 31.1 Å². The fourth-order valence-corrected chi connectivity index (χ4v) is 6.61. The minimum absolute atomic E-state index is 0.447. The van der Waals surface area contributed by atoms with E-state index in [1.807, 2.05) is 6.20 Å². The molecule has 0 spiro atoms. The summed E-state index contributed by atoms with van der Waals surface area (Å²) < 4.78 is 2.55. The average Bonchev–Trinajstić information content (AvgIpc) is 3.16. The van der Waals surface area contributed by atoms with Crippen molar-refractivity contribution >= 4 is 11.0 Å². The van der Waals surface area contributed by atoms with Gasteiger partial charge in [0.05, 0.1) is 29.3 Å². The molecular weight excluding hydrogens is 394 g/mol. The van der Waals surface area contributed by atoms with Crippen LogP contribution in [0.2, 0.25) is 0 Å². The molecule has 0 amide bonds. The van der Waals surface area contributed by atoms with E-state index in [1.165, 1.54) is 74.2 Å². The van der Waals surface area contributed by atoms with E-state index in [1.54, 1.807) is 0 Å². The second-order valence-electron chi connectivity index (χ2n) is 10.3. The molecule has 2 fully saturated rings. The number of hydrogen-bond acceptors (Lipinski definition) is 4. The van der Waals surface area contributed by atoms with E-state index in [4.69, 9.17) is 9.97 Å². The van der Waals surface area contributed by atoms with Crippen molar-refractivity contribution in [3.05, 3.63) is 59.7 Å². The number of fused-ring (bicyclic) bond motifs is 4. The Kier molecular flexibility index (Phi) is 5.48. The summed E-state index contributed by atoms with van der Waals surface area (Å²) in [5.41, 5.74) is 5.23. The molecule has 0 bridgehead atoms. The number of imidazole rings is 1. The van der Waals surface area contributed by atoms with Gasteiger partial charge in [-0.25, -0.2) is 4.98 Å². The Bertz CT molecular complexity index is 1090. The molecule has 0 saturated carbocycles. The Morgan fingerprint density at radius 1 is 1.00 bits per heavy atom. The summed E-state index contributed by atoms with van der Waals surface area (Å²) in [4.78, 5) is 15.3. The molecule has 4 heterocycles. The predicted octanol–water partition coefficient (Wildman–Crippen LogP) is 4.67. The number of hydrogen-bond donors (Lipinski definition) is 0. The van der Waals surface area contributed by atoms with Crippen LogP contribution in [-0.4, -0.2) is 51.0 Å². The van der Waals surface area contributed by atoms with E-state index in [2.05, 4.69) is 57.8 Å². The number of likely N-dealkylation sites (tertiary alicyclic amines) is 2. The second-order valence-corrected chi connectivity index (χ2v) is 10.3. The smallest absolute Gasteiger partial charge is 0.124 e. The number of nitrogens with zero attached hydrogens (tertiary/aromatic N) is 5. The van der Waals surface area contributed by atoms with Crippen LogP contribution in [0.5, 0.6) is 0 Å². The largest absolute Gasteiger partial charge is 0.327 e. The van der Waals surface area contributed by atoms with Crippen molar-refractivity contribution in [2.45, 2.75) is 57.7 Å². The Morgan fingerprint density at radius 2 is 1.91 bits per heavy atom. The molecule has 168 valence electrons. The van der Waals surface area contributed by atoms with Gasteiger partial charge in [0, 0.05) is 19.3 Å². The molecule has 5 nitrogen and oxygen atoms in total. The van der Waals surface area contributed by atoms with Crippen LogP contribution >= 0.6 is 0 Å². The molecule has 2 aliphatic heterocycles. The van der Waals surface area contributed by atoms with E-state index < -0.39 is 0 Å². The minimum atomic E-state index is 0.447. The van der Waals surface area contributed by atoms with Crippen LogP contribution in [0.1, 0.15) is 55.2 Å². The number of aromatic nitrogens is 3. The molecule has 5 heteroatoms. The van der Waals surface area contributed by atoms with Gasteiger partial charge in [0.25, 0.3) is 0 Å². The predicted molar refractivity (Wildman–Crippen MR) is 128 cm³/mol. The van der Waals surface area contributed by atoms with Crippen LogP contribution in [0.3, 0.4) is 0 Å². The van der Waals surface area contributed by atoms with Crippen molar-refractivity contribution in [1.82, 2.24) is 24.3 Å². The molecule has 1 aromatic carbocycles. The van der Waals surface area contributed by atoms with Crippen LogP contribution in [0.4, 0.5) is 0 Å². The van der Waals surface area contributed by atoms with Crippen LogP contribution in [-0.2, 0) is 19.5 Å². The molecule has 3 atom stereocenters. The van der Waals surface area contributed by atoms with Gasteiger partial charge < -0.3 is 9.47 Å². The first-order valence-electron chi connectivity index (χ1n) is 12.6. The van der Waals surface area contributed by atoms with Crippen molar-refractivity contribution in [3.63, 3.8) is 0 Å². The normalized spacial score (nSPS) is 26.7. The highest BCUT2D eigenvalue weighted by atomic mass is 15.2. The Labute approximate surface area is 191 Å². The van der Waals surface area contributed by atoms with Gasteiger partial charge in [-0.1, -0.05) is 18.2 Å². The molecular formula is C27H35N5. The molecule has 2 saturated heterocycles. The highest BCUT2D eigenvalue weighted by Gasteiger charge is 2.38. The summed E-state index contributed by atoms with van der Waals surface area (Å²) in [6, 6.07) is 13.6. The summed E-state index contributed by atoms with van der Waals surface area (Å²) in [6.07, 6.45) is 9.72. The van der Waals surface area contributed by atoms with Crippen molar-refractivity contribution in [1.29, 1.82) is 0 Å². The summed E-state index contributed by atoms with van der Waals surface area (Å²) in [5, 5.41) is 0. The average molecular weight is 430 g/mol. The van der Waals surface area contributed by atoms with E-state index in [9.17, 15) is 0 Å². The maximum Gasteiger partial charge on any atom is 0.124 e. The Morgan fingerprint density at radius 3 is 2.84 bits per heavy atom. The van der Waals surface area contributed by atoms with Crippen LogP contribution in [0.15, 0.2) is 42.6 Å². The van der Waals surface area contributed by atoms with Gasteiger partial charge in [-0.2, -0.15) is 0 Å². The molecule has 1 aliphatic carbocycles. The summed E-state index contributed by atoms with van der Waals surface area (Å²) in [5.74, 6) is 2.68. The lowest BCUT2D eigenvalue weighted by atomic mass is 9.77. The Balaban J connectivity index is 1.33. The van der Waals surface area contributed by atoms with E-state index in [-0.39, 0.29) is 0 Å². The van der Waals surface area contributed by atoms with Crippen molar-refractivity contribution in [2.75, 3.05) is 26.7 Å². The van der Waals surface area contributed by atoms with Gasteiger partial charge >= 0.3 is 0 Å². The first-order valence-corrected chi connectivity index (χ1v) is 12.6. The third-order valence-corrected chi connectivity index (χ3v) is 8.09. The van der Waals surface area contributed by atoms with Crippen molar-refractivity contribution < 1.29 is 0 Å². The minimum Gasteiger partial charge on any atom is -0.327 e. The lowest BCUT2D eigenvalue weighted by molar-refractivity contribution is 0.0659. The van der Waals surface area contributed by atoms with Gasteiger partial charge in [0.2, 0.25) is 0 Å². The quantitative estimate of drug-likeness (QED) is 0.604. The molecule has 1 unspecified atom stereocenters. The molecule has 0 N–H and O–H groups in total.